The number of hydrogen-bond acceptors (Lipinski definition) is 10. The van der Waals surface area contributed by atoms with Crippen molar-refractivity contribution in [1.29, 1.82) is 0 Å². The van der Waals surface area contributed by atoms with Crippen LogP contribution < -0.4 is 43.4 Å². The lowest BCUT2D eigenvalue weighted by Crippen LogP contribution is -2.61. The Morgan fingerprint density at radius 3 is 1.28 bits per heavy atom. The molecule has 2 aliphatic heterocycles. The third-order valence-electron chi connectivity index (χ3n) is 17.6. The number of primary amides is 2. The molecular weight excluding hydrogens is 1090 g/mol. The predicted octanol–water partition coefficient (Wildman–Crippen LogP) is 4.58. The largest absolute Gasteiger partial charge is 0.381 e. The van der Waals surface area contributed by atoms with Crippen molar-refractivity contribution in [3.63, 3.8) is 0 Å². The van der Waals surface area contributed by atoms with E-state index in [0.717, 1.165) is 103 Å². The first kappa shape index (κ1) is 61.8. The van der Waals surface area contributed by atoms with Crippen LogP contribution >= 0.6 is 46.4 Å². The Hall–Kier alpha value is -3.85. The number of carbonyl (C=O) groups is 9. The topological polar surface area (TPSA) is 305 Å². The van der Waals surface area contributed by atoms with Crippen molar-refractivity contribution in [3.05, 3.63) is 0 Å². The highest BCUT2D eigenvalue weighted by Gasteiger charge is 2.75. The number of nitrogens with one attached hydrogen (secondary N) is 6. The van der Waals surface area contributed by atoms with Gasteiger partial charge in [0.1, 0.15) is 32.8 Å². The van der Waals surface area contributed by atoms with Gasteiger partial charge in [-0.2, -0.15) is 0 Å². The second-order valence-corrected chi connectivity index (χ2v) is 28.6. The number of likely N-dealkylation sites (tertiary alicyclic amines) is 2. The SMILES string of the molecule is CC(C)(C)NC(=O)N[C@H](C(=O)N1C[C@H]2[C@@H]([C@H]1C(=O)NC(CC1CCC1)C(=O)C(N)=O)C2(Cl)Cl)C1CCCCC1.CC(C)(C)NC(=O)N[C@H](C(=O)N1C[C@H]2[C@@H]([C@H]1C(=O)NC(CC1CCC1)C(O)C(N)=O)C2(Cl)Cl)C1CCCCC1. The zero-order chi connectivity index (χ0) is 57.4. The molecule has 2 heterocycles. The lowest BCUT2D eigenvalue weighted by Gasteiger charge is -2.38. The molecule has 6 saturated carbocycles. The third kappa shape index (κ3) is 14.6. The molecular formula is C54H84Cl4N10O10. The van der Waals surface area contributed by atoms with Gasteiger partial charge in [0.05, 0.1) is 12.1 Å². The van der Waals surface area contributed by atoms with Gasteiger partial charge in [-0.05, 0) is 104 Å². The molecule has 8 aliphatic rings. The van der Waals surface area contributed by atoms with Gasteiger partial charge in [-0.25, -0.2) is 9.59 Å². The van der Waals surface area contributed by atoms with Gasteiger partial charge in [-0.15, -0.1) is 46.4 Å². The van der Waals surface area contributed by atoms with Crippen molar-refractivity contribution in [3.8, 4) is 0 Å². The van der Waals surface area contributed by atoms with Crippen LogP contribution in [-0.4, -0.2) is 143 Å². The van der Waals surface area contributed by atoms with Crippen LogP contribution in [0.3, 0.4) is 0 Å². The summed E-state index contributed by atoms with van der Waals surface area (Å²) in [6, 6.07) is -6.47. The van der Waals surface area contributed by atoms with Crippen LogP contribution in [-0.2, 0) is 33.6 Å². The van der Waals surface area contributed by atoms with Gasteiger partial charge in [0.25, 0.3) is 5.91 Å². The lowest BCUT2D eigenvalue weighted by atomic mass is 9.79. The minimum absolute atomic E-state index is 0.0579. The zero-order valence-electron chi connectivity index (χ0n) is 46.0. The van der Waals surface area contributed by atoms with Gasteiger partial charge in [0.15, 0.2) is 6.10 Å². The Kier molecular flexibility index (Phi) is 19.6. The predicted molar refractivity (Wildman–Crippen MR) is 295 cm³/mol. The van der Waals surface area contributed by atoms with Crippen LogP contribution in [0.2, 0.25) is 0 Å². The Labute approximate surface area is 478 Å². The number of rotatable bonds is 18. The van der Waals surface area contributed by atoms with E-state index in [0.29, 0.717) is 12.8 Å². The number of piperidine rings is 2. The van der Waals surface area contributed by atoms with Crippen LogP contribution in [0, 0.1) is 47.3 Å². The first-order valence-electron chi connectivity index (χ1n) is 28.4. The number of aliphatic hydroxyl groups is 1. The van der Waals surface area contributed by atoms with E-state index in [4.69, 9.17) is 57.9 Å². The molecule has 0 aromatic rings. The second-order valence-electron chi connectivity index (χ2n) is 25.8. The maximum Gasteiger partial charge on any atom is 0.315 e. The van der Waals surface area contributed by atoms with Crippen LogP contribution in [0.4, 0.5) is 9.59 Å². The van der Waals surface area contributed by atoms with Crippen molar-refractivity contribution in [2.24, 2.45) is 58.8 Å². The number of fused-ring (bicyclic) bond motifs is 2. The molecule has 0 spiro atoms. The Morgan fingerprint density at radius 1 is 0.551 bits per heavy atom. The minimum atomic E-state index is -1.55. The molecule has 11 N–H and O–H groups in total. The molecule has 2 saturated heterocycles. The van der Waals surface area contributed by atoms with Crippen molar-refractivity contribution in [1.82, 2.24) is 41.7 Å². The van der Waals surface area contributed by atoms with E-state index in [9.17, 15) is 48.3 Å². The molecule has 11 atom stereocenters. The monoisotopic (exact) mass is 1170 g/mol. The number of aliphatic hydroxyl groups excluding tert-OH is 1. The van der Waals surface area contributed by atoms with E-state index in [1.54, 1.807) is 0 Å². The van der Waals surface area contributed by atoms with Crippen molar-refractivity contribution in [2.45, 2.75) is 219 Å². The number of nitrogens with two attached hydrogens (primary N) is 2. The number of halogens is 4. The summed E-state index contributed by atoms with van der Waals surface area (Å²) in [6.07, 6.45) is 14.2. The van der Waals surface area contributed by atoms with Gasteiger partial charge in [-0.1, -0.05) is 77.0 Å². The molecule has 8 rings (SSSR count). The fourth-order valence-electron chi connectivity index (χ4n) is 12.9. The zero-order valence-corrected chi connectivity index (χ0v) is 49.0. The summed E-state index contributed by atoms with van der Waals surface area (Å²) >= 11 is 26.0. The summed E-state index contributed by atoms with van der Waals surface area (Å²) in [4.78, 5) is 120. The van der Waals surface area contributed by atoms with Gasteiger partial charge in [0, 0.05) is 47.8 Å². The van der Waals surface area contributed by atoms with Crippen LogP contribution in [0.1, 0.15) is 157 Å². The highest BCUT2D eigenvalue weighted by molar-refractivity contribution is 6.52. The van der Waals surface area contributed by atoms with Gasteiger partial charge >= 0.3 is 12.1 Å². The fraction of sp³-hybridized carbons (Fsp3) is 0.833. The quantitative estimate of drug-likeness (QED) is 0.0680. The third-order valence-corrected chi connectivity index (χ3v) is 19.7. The summed E-state index contributed by atoms with van der Waals surface area (Å²) in [6.45, 7) is 11.5. The van der Waals surface area contributed by atoms with Crippen molar-refractivity contribution >= 4 is 99.7 Å². The number of urea groups is 2. The highest BCUT2D eigenvalue weighted by atomic mass is 35.5. The first-order valence-corrected chi connectivity index (χ1v) is 29.9. The molecule has 78 heavy (non-hydrogen) atoms. The van der Waals surface area contributed by atoms with Gasteiger partial charge in [-0.3, -0.25) is 33.6 Å². The molecule has 0 bridgehead atoms. The van der Waals surface area contributed by atoms with E-state index < -0.39 is 115 Å². The Morgan fingerprint density at radius 2 is 0.936 bits per heavy atom. The molecule has 3 unspecified atom stereocenters. The van der Waals surface area contributed by atoms with Gasteiger partial charge < -0.3 is 58.3 Å². The molecule has 0 aromatic carbocycles. The molecule has 10 amide bonds. The summed E-state index contributed by atoms with van der Waals surface area (Å²) < 4.78 is -2.32. The smallest absolute Gasteiger partial charge is 0.315 e. The minimum Gasteiger partial charge on any atom is -0.381 e. The van der Waals surface area contributed by atoms with Crippen LogP contribution in [0.15, 0.2) is 0 Å². The highest BCUT2D eigenvalue weighted by Crippen LogP contribution is 2.66. The summed E-state index contributed by atoms with van der Waals surface area (Å²) in [5, 5.41) is 27.5. The first-order chi connectivity index (χ1) is 36.4. The number of Topliss-reactive ketones (excluding diaryl/α,β-unsaturated/α-hetero) is 1. The molecule has 6 aliphatic carbocycles. The fourth-order valence-corrected chi connectivity index (χ4v) is 14.6. The average molecular weight is 1180 g/mol. The van der Waals surface area contributed by atoms with Crippen molar-refractivity contribution < 1.29 is 48.3 Å². The maximum absolute atomic E-state index is 14.1. The number of nitrogens with zero attached hydrogens (tertiary/aromatic N) is 2. The molecule has 0 radical (unpaired) electrons. The summed E-state index contributed by atoms with van der Waals surface area (Å²) in [7, 11) is 0. The second kappa shape index (κ2) is 24.7. The molecule has 24 heteroatoms. The van der Waals surface area contributed by atoms with E-state index in [1.807, 2.05) is 41.5 Å². The molecule has 438 valence electrons. The van der Waals surface area contributed by atoms with Crippen LogP contribution in [0.25, 0.3) is 0 Å². The van der Waals surface area contributed by atoms with Crippen molar-refractivity contribution in [2.75, 3.05) is 13.1 Å². The van der Waals surface area contributed by atoms with E-state index in [2.05, 4.69) is 31.9 Å². The number of carbonyl (C=O) groups excluding carboxylic acids is 9. The molecule has 20 nitrogen and oxygen atoms in total. The standard InChI is InChI=1S/C27H43Cl2N5O5.C27H41Cl2N5O5/c2*1-26(2,3)33-25(39)32-19(15-10-5-4-6-11-15)24(38)34-13-16-18(27(16,28)29)20(34)23(37)31-17(21(35)22(30)36)12-14-8-7-9-14/h14-21,35H,4-13H2,1-3H3,(H2,30,36)(H,31,37)(H2,32,33,39);14-20H,4-13H2,1-3H3,(H2,30,36)(H,31,37)(H2,32,33,39)/t16-,17?,18-,19-,20-,21?;16-,17?,18-,19-,20-/m00/s1. The van der Waals surface area contributed by atoms with Crippen LogP contribution in [0.5, 0.6) is 0 Å². The number of hydrogen-bond donors (Lipinski definition) is 9. The summed E-state index contributed by atoms with van der Waals surface area (Å²) in [5.74, 6) is -5.94. The van der Waals surface area contributed by atoms with E-state index in [1.165, 1.54) is 9.80 Å². The summed E-state index contributed by atoms with van der Waals surface area (Å²) in [5.41, 5.74) is 9.66. The lowest BCUT2D eigenvalue weighted by molar-refractivity contribution is -0.144. The van der Waals surface area contributed by atoms with E-state index in [-0.39, 0.29) is 60.4 Å². The maximum atomic E-state index is 14.1. The Balaban J connectivity index is 0.000000226. The van der Waals surface area contributed by atoms with E-state index >= 15 is 0 Å². The number of amides is 10. The normalized spacial score (nSPS) is 28.4. The van der Waals surface area contributed by atoms with Gasteiger partial charge in [0.2, 0.25) is 35.3 Å². The number of alkyl halides is 4. The molecule has 0 aromatic heterocycles. The Bertz CT molecular complexity index is 2280. The average Bonchev–Trinajstić information content (AvgIpc) is 3.90. The molecule has 8 fully saturated rings. The number of ketones is 1.